The molecule has 0 bridgehead atoms. The van der Waals surface area contributed by atoms with Gasteiger partial charge in [-0.25, -0.2) is 9.59 Å². The second-order valence-corrected chi connectivity index (χ2v) is 5.68. The fourth-order valence-electron chi connectivity index (χ4n) is 2.62. The first kappa shape index (κ1) is 19.5. The van der Waals surface area contributed by atoms with Gasteiger partial charge in [0.15, 0.2) is 6.54 Å². The lowest BCUT2D eigenvalue weighted by Gasteiger charge is -2.17. The van der Waals surface area contributed by atoms with Gasteiger partial charge in [-0.1, -0.05) is 0 Å². The maximum atomic E-state index is 12.0. The summed E-state index contributed by atoms with van der Waals surface area (Å²) in [6, 6.07) is 6.68. The molecule has 0 aliphatic rings. The number of hydrogen-bond acceptors (Lipinski definition) is 6. The molecule has 26 heavy (non-hydrogen) atoms. The molecule has 2 rings (SSSR count). The molecule has 0 aliphatic heterocycles. The van der Waals surface area contributed by atoms with Crippen molar-refractivity contribution in [3.63, 3.8) is 0 Å². The highest BCUT2D eigenvalue weighted by molar-refractivity contribution is 5.92. The summed E-state index contributed by atoms with van der Waals surface area (Å²) in [4.78, 5) is 36.0. The number of methoxy groups -OCH3 is 1. The number of amides is 2. The van der Waals surface area contributed by atoms with E-state index in [-0.39, 0.29) is 13.2 Å². The highest BCUT2D eigenvalue weighted by Crippen LogP contribution is 2.22. The third-order valence-electron chi connectivity index (χ3n) is 3.91. The van der Waals surface area contributed by atoms with Gasteiger partial charge in [-0.2, -0.15) is 0 Å². The first-order valence-electron chi connectivity index (χ1n) is 8.37. The molecular formula is C18H23N2O6+. The molecule has 1 aromatic heterocycles. The van der Waals surface area contributed by atoms with Crippen molar-refractivity contribution < 1.29 is 28.4 Å². The van der Waals surface area contributed by atoms with E-state index >= 15 is 0 Å². The third kappa shape index (κ3) is 5.06. The summed E-state index contributed by atoms with van der Waals surface area (Å²) >= 11 is 0. The van der Waals surface area contributed by atoms with Gasteiger partial charge in [-0.05, 0) is 26.0 Å². The van der Waals surface area contributed by atoms with Gasteiger partial charge in [0.1, 0.15) is 17.9 Å². The Balaban J connectivity index is 2.18. The number of likely N-dealkylation sites (N-methyl/N-ethyl adjacent to an activating group) is 1. The molecule has 0 fully saturated rings. The Morgan fingerprint density at radius 1 is 1.23 bits per heavy atom. The van der Waals surface area contributed by atoms with Gasteiger partial charge < -0.3 is 18.8 Å². The molecular weight excluding hydrogens is 340 g/mol. The van der Waals surface area contributed by atoms with Crippen LogP contribution < -0.4 is 20.6 Å². The first-order valence-corrected chi connectivity index (χ1v) is 8.37. The second-order valence-electron chi connectivity index (χ2n) is 5.68. The van der Waals surface area contributed by atoms with Crippen LogP contribution in [-0.4, -0.2) is 38.8 Å². The average molecular weight is 363 g/mol. The van der Waals surface area contributed by atoms with Crippen LogP contribution in [-0.2, 0) is 16.1 Å². The Hall–Kier alpha value is -2.87. The number of ether oxygens (including phenoxy) is 2. The van der Waals surface area contributed by atoms with Gasteiger partial charge in [-0.3, -0.25) is 10.1 Å². The Bertz CT molecular complexity index is 845. The molecule has 1 atom stereocenters. The number of hydrogen-bond donors (Lipinski definition) is 2. The summed E-state index contributed by atoms with van der Waals surface area (Å²) in [5, 5.41) is 2.96. The molecule has 140 valence electrons. The molecule has 1 heterocycles. The van der Waals surface area contributed by atoms with Gasteiger partial charge in [0, 0.05) is 23.1 Å². The normalized spacial score (nSPS) is 11.8. The van der Waals surface area contributed by atoms with Crippen LogP contribution in [0.15, 0.2) is 33.5 Å². The van der Waals surface area contributed by atoms with Gasteiger partial charge >= 0.3 is 11.7 Å². The molecule has 0 saturated heterocycles. The fraction of sp³-hybridized carbons (Fsp3) is 0.389. The van der Waals surface area contributed by atoms with Crippen LogP contribution in [0, 0.1) is 0 Å². The highest BCUT2D eigenvalue weighted by Gasteiger charge is 2.18. The lowest BCUT2D eigenvalue weighted by atomic mass is 10.1. The minimum atomic E-state index is -0.758. The molecule has 0 radical (unpaired) electrons. The molecule has 0 aliphatic carbocycles. The molecule has 8 nitrogen and oxygen atoms in total. The third-order valence-corrected chi connectivity index (χ3v) is 3.91. The van der Waals surface area contributed by atoms with Crippen molar-refractivity contribution in [3.8, 4) is 5.75 Å². The topological polar surface area (TPSA) is 99.3 Å². The Morgan fingerprint density at radius 2 is 2.00 bits per heavy atom. The number of fused-ring (bicyclic) bond motifs is 1. The Morgan fingerprint density at radius 3 is 2.65 bits per heavy atom. The Kier molecular flexibility index (Phi) is 6.74. The summed E-state index contributed by atoms with van der Waals surface area (Å²) in [6.45, 7) is 4.92. The van der Waals surface area contributed by atoms with E-state index in [1.807, 2.05) is 13.0 Å². The molecule has 2 amide bonds. The van der Waals surface area contributed by atoms with E-state index in [0.717, 1.165) is 15.8 Å². The van der Waals surface area contributed by atoms with Gasteiger partial charge in [0.2, 0.25) is 0 Å². The van der Waals surface area contributed by atoms with Crippen LogP contribution in [0.1, 0.15) is 19.4 Å². The number of carbonyl (C=O) groups excluding carboxylic acids is 2. The molecule has 1 aromatic carbocycles. The van der Waals surface area contributed by atoms with Gasteiger partial charge in [0.25, 0.3) is 5.91 Å². The van der Waals surface area contributed by atoms with Crippen LogP contribution in [0.2, 0.25) is 0 Å². The SMILES string of the molecule is CCOC(=O)NC(=O)C[NH+](CC)Cc1cc(=O)oc2cc(OC)ccc12. The zero-order valence-electron chi connectivity index (χ0n) is 15.1. The number of carbonyl (C=O) groups is 2. The van der Waals surface area contributed by atoms with Crippen molar-refractivity contribution in [1.29, 1.82) is 0 Å². The number of quaternary nitrogens is 1. The van der Waals surface area contributed by atoms with Gasteiger partial charge in [-0.15, -0.1) is 0 Å². The number of nitrogens with one attached hydrogen (secondary N) is 2. The smallest absolute Gasteiger partial charge is 0.414 e. The molecule has 8 heteroatoms. The minimum absolute atomic E-state index is 0.0766. The van der Waals surface area contributed by atoms with E-state index in [1.54, 1.807) is 19.1 Å². The number of imide groups is 1. The van der Waals surface area contributed by atoms with Crippen molar-refractivity contribution in [2.75, 3.05) is 26.8 Å². The van der Waals surface area contributed by atoms with E-state index in [9.17, 15) is 14.4 Å². The average Bonchev–Trinajstić information content (AvgIpc) is 2.60. The molecule has 2 N–H and O–H groups in total. The summed E-state index contributed by atoms with van der Waals surface area (Å²) in [6.07, 6.45) is -0.758. The lowest BCUT2D eigenvalue weighted by molar-refractivity contribution is -0.904. The number of rotatable bonds is 7. The molecule has 0 saturated carbocycles. The molecule has 0 spiro atoms. The summed E-state index contributed by atoms with van der Waals surface area (Å²) in [5.74, 6) is 0.153. The van der Waals surface area contributed by atoms with E-state index in [2.05, 4.69) is 5.32 Å². The fourth-order valence-corrected chi connectivity index (χ4v) is 2.62. The van der Waals surface area contributed by atoms with Crippen LogP contribution in [0.4, 0.5) is 4.79 Å². The Labute approximate surface area is 150 Å². The van der Waals surface area contributed by atoms with E-state index in [0.29, 0.717) is 24.4 Å². The van der Waals surface area contributed by atoms with Crippen molar-refractivity contribution in [1.82, 2.24) is 5.32 Å². The standard InChI is InChI=1S/C18H22N2O6/c1-4-20(11-16(21)19-18(23)25-5-2)10-12-8-17(22)26-15-9-13(24-3)6-7-14(12)15/h6-9H,4-5,10-11H2,1-3H3,(H,19,21,23)/p+1. The van der Waals surface area contributed by atoms with Crippen molar-refractivity contribution in [2.45, 2.75) is 20.4 Å². The van der Waals surface area contributed by atoms with Crippen LogP contribution in [0.25, 0.3) is 11.0 Å². The predicted molar refractivity (Wildman–Crippen MR) is 94.3 cm³/mol. The van der Waals surface area contributed by atoms with Crippen molar-refractivity contribution >= 4 is 23.0 Å². The van der Waals surface area contributed by atoms with Crippen molar-refractivity contribution in [3.05, 3.63) is 40.2 Å². The summed E-state index contributed by atoms with van der Waals surface area (Å²) in [7, 11) is 1.54. The molecule has 1 unspecified atom stereocenters. The first-order chi connectivity index (χ1) is 12.5. The number of benzene rings is 1. The predicted octanol–water partition coefficient (Wildman–Crippen LogP) is 0.479. The van der Waals surface area contributed by atoms with Gasteiger partial charge in [0.05, 0.1) is 20.3 Å². The van der Waals surface area contributed by atoms with Crippen LogP contribution in [0.5, 0.6) is 5.75 Å². The lowest BCUT2D eigenvalue weighted by Crippen LogP contribution is -3.11. The summed E-state index contributed by atoms with van der Waals surface area (Å²) < 4.78 is 15.1. The second kappa shape index (κ2) is 9.00. The van der Waals surface area contributed by atoms with Crippen LogP contribution in [0.3, 0.4) is 0 Å². The zero-order valence-corrected chi connectivity index (χ0v) is 15.1. The van der Waals surface area contributed by atoms with E-state index < -0.39 is 17.6 Å². The van der Waals surface area contributed by atoms with E-state index in [1.165, 1.54) is 13.2 Å². The highest BCUT2D eigenvalue weighted by atomic mass is 16.5. The minimum Gasteiger partial charge on any atom is -0.497 e. The monoisotopic (exact) mass is 363 g/mol. The zero-order chi connectivity index (χ0) is 19.1. The van der Waals surface area contributed by atoms with E-state index in [4.69, 9.17) is 13.9 Å². The number of alkyl carbamates (subject to hydrolysis) is 1. The quantitative estimate of drug-likeness (QED) is 0.694. The maximum absolute atomic E-state index is 12.0. The maximum Gasteiger partial charge on any atom is 0.414 e. The summed E-state index contributed by atoms with van der Waals surface area (Å²) in [5.41, 5.74) is 0.727. The van der Waals surface area contributed by atoms with Crippen LogP contribution >= 0.6 is 0 Å². The largest absolute Gasteiger partial charge is 0.497 e. The van der Waals surface area contributed by atoms with Crippen molar-refractivity contribution in [2.24, 2.45) is 0 Å². The molecule has 2 aromatic rings.